The maximum Gasteiger partial charge on any atom is 0.253 e. The molecule has 0 radical (unpaired) electrons. The minimum atomic E-state index is -3.49. The van der Waals surface area contributed by atoms with E-state index in [2.05, 4.69) is 23.9 Å². The Bertz CT molecular complexity index is 968. The molecule has 3 rings (SSSR count). The molecule has 1 aliphatic heterocycles. The molecule has 1 amide bonds. The zero-order chi connectivity index (χ0) is 20.4. The standard InChI is InChI=1S/C21H26N2O4S/c1-4-21(5-2)14-18(15-10-7-9-13-19(15)27-21)22-20(24)16-11-6-8-12-17(16)23-28(3,25)26/h6-13,18,23H,4-5,14H2,1-3H3,(H,22,24)/t18-/m1/s1. The quantitative estimate of drug-likeness (QED) is 0.768. The first-order chi connectivity index (χ1) is 13.3. The highest BCUT2D eigenvalue weighted by molar-refractivity contribution is 7.92. The van der Waals surface area contributed by atoms with Gasteiger partial charge in [-0.05, 0) is 31.0 Å². The molecule has 150 valence electrons. The Kier molecular flexibility index (Phi) is 5.65. The molecule has 2 aromatic carbocycles. The number of sulfonamides is 1. The lowest BCUT2D eigenvalue weighted by Crippen LogP contribution is -2.44. The Hall–Kier alpha value is -2.54. The lowest BCUT2D eigenvalue weighted by Gasteiger charge is -2.41. The molecule has 1 heterocycles. The molecule has 0 saturated heterocycles. The molecule has 0 saturated carbocycles. The largest absolute Gasteiger partial charge is 0.487 e. The maximum atomic E-state index is 13.0. The number of hydrogen-bond acceptors (Lipinski definition) is 4. The van der Waals surface area contributed by atoms with Crippen molar-refractivity contribution in [3.63, 3.8) is 0 Å². The summed E-state index contributed by atoms with van der Waals surface area (Å²) >= 11 is 0. The number of para-hydroxylation sites is 2. The lowest BCUT2D eigenvalue weighted by molar-refractivity contribution is 0.0227. The van der Waals surface area contributed by atoms with Crippen LogP contribution in [0.4, 0.5) is 5.69 Å². The van der Waals surface area contributed by atoms with E-state index in [1.165, 1.54) is 0 Å². The molecule has 1 aliphatic rings. The fourth-order valence-corrected chi connectivity index (χ4v) is 4.21. The Morgan fingerprint density at radius 2 is 1.75 bits per heavy atom. The predicted octanol–water partition coefficient (Wildman–Crippen LogP) is 3.87. The average Bonchev–Trinajstić information content (AvgIpc) is 2.67. The molecule has 0 aromatic heterocycles. The van der Waals surface area contributed by atoms with Crippen LogP contribution in [0, 0.1) is 0 Å². The third-order valence-electron chi connectivity index (χ3n) is 5.26. The summed E-state index contributed by atoms with van der Waals surface area (Å²) in [6.45, 7) is 4.17. The lowest BCUT2D eigenvalue weighted by atomic mass is 9.83. The predicted molar refractivity (Wildman–Crippen MR) is 110 cm³/mol. The van der Waals surface area contributed by atoms with Gasteiger partial charge < -0.3 is 10.1 Å². The van der Waals surface area contributed by atoms with Crippen molar-refractivity contribution in [2.45, 2.75) is 44.8 Å². The van der Waals surface area contributed by atoms with Gasteiger partial charge in [-0.15, -0.1) is 0 Å². The van der Waals surface area contributed by atoms with Crippen molar-refractivity contribution in [1.29, 1.82) is 0 Å². The molecule has 0 aliphatic carbocycles. The van der Waals surface area contributed by atoms with Crippen LogP contribution in [0.2, 0.25) is 0 Å². The van der Waals surface area contributed by atoms with E-state index in [4.69, 9.17) is 4.74 Å². The molecule has 0 bridgehead atoms. The summed E-state index contributed by atoms with van der Waals surface area (Å²) in [6, 6.07) is 14.1. The number of benzene rings is 2. The normalized spacial score (nSPS) is 17.9. The first kappa shape index (κ1) is 20.2. The van der Waals surface area contributed by atoms with Gasteiger partial charge in [-0.1, -0.05) is 44.2 Å². The van der Waals surface area contributed by atoms with Crippen LogP contribution in [-0.2, 0) is 10.0 Å². The zero-order valence-corrected chi connectivity index (χ0v) is 17.2. The highest BCUT2D eigenvalue weighted by Gasteiger charge is 2.39. The van der Waals surface area contributed by atoms with Gasteiger partial charge in [0.25, 0.3) is 5.91 Å². The summed E-state index contributed by atoms with van der Waals surface area (Å²) in [5.74, 6) is 0.458. The second-order valence-corrected chi connectivity index (χ2v) is 8.93. The van der Waals surface area contributed by atoms with E-state index in [0.29, 0.717) is 6.42 Å². The van der Waals surface area contributed by atoms with Gasteiger partial charge in [0.2, 0.25) is 10.0 Å². The number of amides is 1. The van der Waals surface area contributed by atoms with E-state index in [1.54, 1.807) is 24.3 Å². The zero-order valence-electron chi connectivity index (χ0n) is 16.4. The Balaban J connectivity index is 1.92. The van der Waals surface area contributed by atoms with Crippen molar-refractivity contribution in [1.82, 2.24) is 5.32 Å². The molecule has 0 unspecified atom stereocenters. The molecule has 2 N–H and O–H groups in total. The Morgan fingerprint density at radius 1 is 1.11 bits per heavy atom. The molecule has 0 spiro atoms. The summed E-state index contributed by atoms with van der Waals surface area (Å²) in [5, 5.41) is 3.09. The van der Waals surface area contributed by atoms with Crippen LogP contribution in [0.25, 0.3) is 0 Å². The van der Waals surface area contributed by atoms with Crippen LogP contribution >= 0.6 is 0 Å². The topological polar surface area (TPSA) is 84.5 Å². The molecule has 0 fully saturated rings. The molecule has 7 heteroatoms. The number of hydrogen-bond donors (Lipinski definition) is 2. The van der Waals surface area contributed by atoms with E-state index < -0.39 is 10.0 Å². The molecule has 28 heavy (non-hydrogen) atoms. The SMILES string of the molecule is CCC1(CC)C[C@@H](NC(=O)c2ccccc2NS(C)(=O)=O)c2ccccc2O1. The molecular formula is C21H26N2O4S. The van der Waals surface area contributed by atoms with Crippen molar-refractivity contribution >= 4 is 21.6 Å². The number of fused-ring (bicyclic) bond motifs is 1. The van der Waals surface area contributed by atoms with Crippen molar-refractivity contribution in [3.8, 4) is 5.75 Å². The molecule has 6 nitrogen and oxygen atoms in total. The van der Waals surface area contributed by atoms with Gasteiger partial charge in [-0.3, -0.25) is 9.52 Å². The number of carbonyl (C=O) groups excluding carboxylic acids is 1. The molecule has 2 aromatic rings. The third-order valence-corrected chi connectivity index (χ3v) is 5.85. The van der Waals surface area contributed by atoms with E-state index >= 15 is 0 Å². The van der Waals surface area contributed by atoms with E-state index in [1.807, 2.05) is 24.3 Å². The van der Waals surface area contributed by atoms with E-state index in [-0.39, 0.29) is 28.8 Å². The van der Waals surface area contributed by atoms with E-state index in [9.17, 15) is 13.2 Å². The van der Waals surface area contributed by atoms with Gasteiger partial charge in [0.1, 0.15) is 11.4 Å². The van der Waals surface area contributed by atoms with Crippen molar-refractivity contribution < 1.29 is 17.9 Å². The summed E-state index contributed by atoms with van der Waals surface area (Å²) in [5.41, 5.74) is 1.15. The summed E-state index contributed by atoms with van der Waals surface area (Å²) in [6.07, 6.45) is 3.38. The van der Waals surface area contributed by atoms with Crippen LogP contribution in [0.15, 0.2) is 48.5 Å². The van der Waals surface area contributed by atoms with Crippen LogP contribution < -0.4 is 14.8 Å². The second-order valence-electron chi connectivity index (χ2n) is 7.18. The fourth-order valence-electron chi connectivity index (χ4n) is 3.64. The van der Waals surface area contributed by atoms with Crippen LogP contribution in [0.1, 0.15) is 55.1 Å². The monoisotopic (exact) mass is 402 g/mol. The van der Waals surface area contributed by atoms with Crippen LogP contribution in [-0.4, -0.2) is 26.2 Å². The average molecular weight is 403 g/mol. The summed E-state index contributed by atoms with van der Waals surface area (Å²) in [7, 11) is -3.49. The third kappa shape index (κ3) is 4.30. The van der Waals surface area contributed by atoms with Gasteiger partial charge in [0.15, 0.2) is 0 Å². The van der Waals surface area contributed by atoms with Gasteiger partial charge >= 0.3 is 0 Å². The van der Waals surface area contributed by atoms with Crippen molar-refractivity contribution in [2.75, 3.05) is 11.0 Å². The maximum absolute atomic E-state index is 13.0. The smallest absolute Gasteiger partial charge is 0.253 e. The van der Waals surface area contributed by atoms with E-state index in [0.717, 1.165) is 30.4 Å². The Labute approximate surface area is 166 Å². The summed E-state index contributed by atoms with van der Waals surface area (Å²) in [4.78, 5) is 13.0. The van der Waals surface area contributed by atoms with Crippen LogP contribution in [0.3, 0.4) is 0 Å². The first-order valence-corrected chi connectivity index (χ1v) is 11.3. The number of nitrogens with one attached hydrogen (secondary N) is 2. The van der Waals surface area contributed by atoms with Gasteiger partial charge in [-0.2, -0.15) is 0 Å². The highest BCUT2D eigenvalue weighted by Crippen LogP contribution is 2.42. The first-order valence-electron chi connectivity index (χ1n) is 9.42. The number of ether oxygens (including phenoxy) is 1. The minimum absolute atomic E-state index is 0.219. The molecule has 1 atom stereocenters. The number of anilines is 1. The van der Waals surface area contributed by atoms with Crippen molar-refractivity contribution in [3.05, 3.63) is 59.7 Å². The van der Waals surface area contributed by atoms with Gasteiger partial charge in [-0.25, -0.2) is 8.42 Å². The van der Waals surface area contributed by atoms with Crippen LogP contribution in [0.5, 0.6) is 5.75 Å². The number of carbonyl (C=O) groups is 1. The highest BCUT2D eigenvalue weighted by atomic mass is 32.2. The second kappa shape index (κ2) is 7.83. The van der Waals surface area contributed by atoms with Gasteiger partial charge in [0.05, 0.1) is 23.5 Å². The van der Waals surface area contributed by atoms with Crippen molar-refractivity contribution in [2.24, 2.45) is 0 Å². The minimum Gasteiger partial charge on any atom is -0.487 e. The van der Waals surface area contributed by atoms with Gasteiger partial charge in [0, 0.05) is 12.0 Å². The Morgan fingerprint density at radius 3 is 2.43 bits per heavy atom. The number of rotatable bonds is 6. The molecular weight excluding hydrogens is 376 g/mol. The summed E-state index contributed by atoms with van der Waals surface area (Å²) < 4.78 is 32.0. The fraction of sp³-hybridized carbons (Fsp3) is 0.381.